The third-order valence-electron chi connectivity index (χ3n) is 4.93. The van der Waals surface area contributed by atoms with Crippen LogP contribution in [0.15, 0.2) is 18.2 Å². The summed E-state index contributed by atoms with van der Waals surface area (Å²) in [5.41, 5.74) is 3.44. The fourth-order valence-electron chi connectivity index (χ4n) is 3.45. The number of benzene rings is 1. The molecule has 0 aromatic heterocycles. The van der Waals surface area contributed by atoms with E-state index in [1.165, 1.54) is 11.1 Å². The van der Waals surface area contributed by atoms with E-state index in [-0.39, 0.29) is 21.6 Å². The zero-order chi connectivity index (χ0) is 18.8. The van der Waals surface area contributed by atoms with Gasteiger partial charge in [0.2, 0.25) is 5.78 Å². The molecule has 1 aliphatic rings. The fraction of sp³-hybridized carbons (Fsp3) is 0.682. The number of ketones is 1. The maximum absolute atomic E-state index is 13.6. The smallest absolute Gasteiger partial charge is 0.215 e. The van der Waals surface area contributed by atoms with Gasteiger partial charge in [-0.1, -0.05) is 54.5 Å². The van der Waals surface area contributed by atoms with E-state index in [0.717, 1.165) is 30.3 Å². The summed E-state index contributed by atoms with van der Waals surface area (Å²) in [5.74, 6) is 3.25. The lowest BCUT2D eigenvalue weighted by molar-refractivity contribution is 0.0946. The minimum Gasteiger partial charge on any atom is -0.372 e. The molecule has 1 aromatic carbocycles. The van der Waals surface area contributed by atoms with Crippen LogP contribution in [0.3, 0.4) is 0 Å². The number of hydrogen-bond acceptors (Lipinski definition) is 2. The number of hydrogen-bond donors (Lipinski definition) is 0. The highest BCUT2D eigenvalue weighted by Gasteiger charge is 2.46. The van der Waals surface area contributed by atoms with Gasteiger partial charge >= 0.3 is 0 Å². The van der Waals surface area contributed by atoms with Crippen LogP contribution in [-0.4, -0.2) is 35.8 Å². The average molecular weight is 364 g/mol. The van der Waals surface area contributed by atoms with Gasteiger partial charge in [-0.05, 0) is 35.1 Å². The predicted molar refractivity (Wildman–Crippen MR) is 110 cm³/mol. The molecule has 2 rings (SSSR count). The molecule has 0 amide bonds. The van der Waals surface area contributed by atoms with E-state index in [2.05, 4.69) is 66.7 Å². The summed E-state index contributed by atoms with van der Waals surface area (Å²) in [6.07, 6.45) is 0. The van der Waals surface area contributed by atoms with Crippen molar-refractivity contribution in [2.75, 3.05) is 24.7 Å². The summed E-state index contributed by atoms with van der Waals surface area (Å²) in [4.78, 5) is 13.6. The van der Waals surface area contributed by atoms with Crippen molar-refractivity contribution >= 4 is 16.7 Å². The van der Waals surface area contributed by atoms with Crippen LogP contribution in [0.2, 0.25) is 0 Å². The quantitative estimate of drug-likeness (QED) is 0.532. The first-order valence-electron chi connectivity index (χ1n) is 9.54. The van der Waals surface area contributed by atoms with Gasteiger partial charge in [0, 0.05) is 21.9 Å². The minimum atomic E-state index is -0.0244. The van der Waals surface area contributed by atoms with E-state index in [0.29, 0.717) is 17.6 Å². The molecular weight excluding hydrogens is 328 g/mol. The molecule has 0 radical (unpaired) electrons. The molecular formula is C22H35O2S+. The Morgan fingerprint density at radius 3 is 1.84 bits per heavy atom. The molecule has 0 N–H and O–H groups in total. The molecule has 1 fully saturated rings. The van der Waals surface area contributed by atoms with Crippen molar-refractivity contribution in [3.63, 3.8) is 0 Å². The van der Waals surface area contributed by atoms with Crippen LogP contribution in [0.1, 0.15) is 81.8 Å². The molecule has 3 heteroatoms. The number of carbonyl (C=O) groups excluding carboxylic acids is 1. The molecule has 0 aliphatic carbocycles. The van der Waals surface area contributed by atoms with Crippen LogP contribution >= 0.6 is 0 Å². The Bertz CT molecular complexity index is 566. The maximum atomic E-state index is 13.6. The molecule has 0 spiro atoms. The van der Waals surface area contributed by atoms with E-state index >= 15 is 0 Å². The maximum Gasteiger partial charge on any atom is 0.215 e. The zero-order valence-corrected chi connectivity index (χ0v) is 17.8. The van der Waals surface area contributed by atoms with Gasteiger partial charge in [-0.25, -0.2) is 0 Å². The molecule has 2 nitrogen and oxygen atoms in total. The number of rotatable bonds is 5. The van der Waals surface area contributed by atoms with Crippen molar-refractivity contribution in [2.24, 2.45) is 5.41 Å². The molecule has 1 aliphatic heterocycles. The second-order valence-corrected chi connectivity index (χ2v) is 11.2. The third kappa shape index (κ3) is 5.10. The highest BCUT2D eigenvalue weighted by molar-refractivity contribution is 7.98. The van der Waals surface area contributed by atoms with Gasteiger partial charge in [0.15, 0.2) is 5.25 Å². The Morgan fingerprint density at radius 2 is 1.44 bits per heavy atom. The Morgan fingerprint density at radius 1 is 0.960 bits per heavy atom. The van der Waals surface area contributed by atoms with Crippen LogP contribution in [0.25, 0.3) is 0 Å². The van der Waals surface area contributed by atoms with Crippen LogP contribution in [0.4, 0.5) is 0 Å². The highest BCUT2D eigenvalue weighted by atomic mass is 32.2. The Kier molecular flexibility index (Phi) is 6.78. The molecule has 140 valence electrons. The second kappa shape index (κ2) is 8.26. The van der Waals surface area contributed by atoms with Gasteiger partial charge in [-0.2, -0.15) is 0 Å². The van der Waals surface area contributed by atoms with E-state index < -0.39 is 0 Å². The van der Waals surface area contributed by atoms with Crippen molar-refractivity contribution in [3.8, 4) is 0 Å². The lowest BCUT2D eigenvalue weighted by Gasteiger charge is -2.31. The van der Waals surface area contributed by atoms with Gasteiger partial charge in [-0.15, -0.1) is 0 Å². The van der Waals surface area contributed by atoms with Crippen LogP contribution in [-0.2, 0) is 15.6 Å². The third-order valence-corrected chi connectivity index (χ3v) is 7.90. The number of carbonyl (C=O) groups is 1. The summed E-state index contributed by atoms with van der Waals surface area (Å²) in [6.45, 7) is 17.1. The normalized spacial score (nSPS) is 18.0. The van der Waals surface area contributed by atoms with Crippen LogP contribution in [0.5, 0.6) is 0 Å². The lowest BCUT2D eigenvalue weighted by atomic mass is 9.85. The van der Waals surface area contributed by atoms with E-state index in [1.807, 2.05) is 0 Å². The van der Waals surface area contributed by atoms with E-state index in [9.17, 15) is 4.79 Å². The van der Waals surface area contributed by atoms with Crippen molar-refractivity contribution in [1.29, 1.82) is 0 Å². The van der Waals surface area contributed by atoms with Gasteiger partial charge in [-0.3, -0.25) is 4.79 Å². The first-order chi connectivity index (χ1) is 11.6. The number of Topliss-reactive ketones (excluding diaryl/α,β-unsaturated/α-hetero) is 1. The monoisotopic (exact) mass is 363 g/mol. The van der Waals surface area contributed by atoms with Gasteiger partial charge in [0.05, 0.1) is 13.2 Å². The first kappa shape index (κ1) is 20.5. The minimum absolute atomic E-state index is 0.0244. The Balaban J connectivity index is 2.44. The van der Waals surface area contributed by atoms with Crippen molar-refractivity contribution in [1.82, 2.24) is 0 Å². The SMILES string of the molecule is CC(C)c1cc(C(=O)C([S+]2CCOCC2)C(C)(C)C)cc(C(C)C)c1. The highest BCUT2D eigenvalue weighted by Crippen LogP contribution is 2.33. The Labute approximate surface area is 157 Å². The summed E-state index contributed by atoms with van der Waals surface area (Å²) in [7, 11) is 0.108. The lowest BCUT2D eigenvalue weighted by Crippen LogP contribution is -2.47. The van der Waals surface area contributed by atoms with Crippen molar-refractivity contribution < 1.29 is 9.53 Å². The van der Waals surface area contributed by atoms with E-state index in [1.54, 1.807) is 0 Å². The first-order valence-corrected chi connectivity index (χ1v) is 11.2. The molecule has 1 saturated heterocycles. The molecule has 25 heavy (non-hydrogen) atoms. The molecule has 1 aromatic rings. The summed E-state index contributed by atoms with van der Waals surface area (Å²) in [6, 6.07) is 6.55. The van der Waals surface area contributed by atoms with Gasteiger partial charge < -0.3 is 4.74 Å². The second-order valence-electron chi connectivity index (χ2n) is 8.87. The van der Waals surface area contributed by atoms with Crippen molar-refractivity contribution in [3.05, 3.63) is 34.9 Å². The molecule has 0 saturated carbocycles. The number of ether oxygens (including phenoxy) is 1. The topological polar surface area (TPSA) is 26.3 Å². The standard InChI is InChI=1S/C22H35O2S/c1-15(2)17-12-18(16(3)4)14-19(13-17)20(23)21(22(5,6)7)25-10-8-24-9-11-25/h12-16,21H,8-11H2,1-7H3/q+1. The van der Waals surface area contributed by atoms with Crippen molar-refractivity contribution in [2.45, 2.75) is 65.6 Å². The summed E-state index contributed by atoms with van der Waals surface area (Å²) >= 11 is 0. The van der Waals surface area contributed by atoms with Gasteiger partial charge in [0.1, 0.15) is 11.5 Å². The zero-order valence-electron chi connectivity index (χ0n) is 17.0. The summed E-state index contributed by atoms with van der Waals surface area (Å²) < 4.78 is 5.54. The summed E-state index contributed by atoms with van der Waals surface area (Å²) in [5, 5.41) is 0.0822. The molecule has 0 bridgehead atoms. The average Bonchev–Trinajstić information content (AvgIpc) is 2.54. The van der Waals surface area contributed by atoms with Gasteiger partial charge in [0.25, 0.3) is 0 Å². The fourth-order valence-corrected chi connectivity index (χ4v) is 6.23. The van der Waals surface area contributed by atoms with Crippen LogP contribution in [0, 0.1) is 5.41 Å². The molecule has 1 unspecified atom stereocenters. The van der Waals surface area contributed by atoms with E-state index in [4.69, 9.17) is 4.74 Å². The van der Waals surface area contributed by atoms with Crippen LogP contribution < -0.4 is 0 Å². The predicted octanol–water partition coefficient (Wildman–Crippen LogP) is 5.18. The molecule has 1 atom stereocenters. The molecule has 1 heterocycles. The Hall–Kier alpha value is -0.800. The largest absolute Gasteiger partial charge is 0.372 e.